The maximum atomic E-state index is 13.9. The van der Waals surface area contributed by atoms with Crippen molar-refractivity contribution < 1.29 is 19.0 Å². The second-order valence-corrected chi connectivity index (χ2v) is 12.0. The zero-order chi connectivity index (χ0) is 32.8. The van der Waals surface area contributed by atoms with E-state index in [0.29, 0.717) is 49.7 Å². The van der Waals surface area contributed by atoms with Gasteiger partial charge in [0.05, 0.1) is 34.4 Å². The Balaban J connectivity index is 1.53. The summed E-state index contributed by atoms with van der Waals surface area (Å²) in [4.78, 5) is 31.3. The molecular formula is C36H35IN4O5. The summed E-state index contributed by atoms with van der Waals surface area (Å²) in [5, 5.41) is 7.95. The third-order valence-electron chi connectivity index (χ3n) is 7.25. The molecule has 4 aromatic carbocycles. The van der Waals surface area contributed by atoms with E-state index in [4.69, 9.17) is 19.2 Å². The molecule has 10 heteroatoms. The van der Waals surface area contributed by atoms with Crippen molar-refractivity contribution in [1.82, 2.24) is 9.66 Å². The molecule has 9 nitrogen and oxygen atoms in total. The summed E-state index contributed by atoms with van der Waals surface area (Å²) in [6.45, 7) is 8.21. The van der Waals surface area contributed by atoms with Crippen molar-refractivity contribution >= 4 is 51.3 Å². The molecule has 1 aromatic heterocycles. The Morgan fingerprint density at radius 1 is 1.02 bits per heavy atom. The molecule has 0 aliphatic rings. The number of para-hydroxylation sites is 2. The van der Waals surface area contributed by atoms with E-state index in [2.05, 4.69) is 46.9 Å². The van der Waals surface area contributed by atoms with Crippen LogP contribution in [0.4, 0.5) is 5.69 Å². The van der Waals surface area contributed by atoms with E-state index in [1.165, 1.54) is 4.68 Å². The first-order valence-corrected chi connectivity index (χ1v) is 16.0. The standard InChI is InChI=1S/C36H35IN4O5/c1-6-45-32-18-24(17-29(37)34(32)46-21-33(42)39-25-12-8-7-9-13-25)20-38-41-35(40-30-15-11-10-14-26(30)36(41)43)28-19-27(22(2)3)31(44-5)16-23(28)4/h7-20,22H,6,21H2,1-5H3,(H,39,42). The van der Waals surface area contributed by atoms with Gasteiger partial charge in [-0.15, -0.1) is 0 Å². The summed E-state index contributed by atoms with van der Waals surface area (Å²) in [5.41, 5.74) is 4.35. The Morgan fingerprint density at radius 2 is 1.76 bits per heavy atom. The molecule has 5 aromatic rings. The molecule has 0 fully saturated rings. The Labute approximate surface area is 281 Å². The monoisotopic (exact) mass is 730 g/mol. The van der Waals surface area contributed by atoms with Crippen molar-refractivity contribution in [3.8, 4) is 28.6 Å². The van der Waals surface area contributed by atoms with E-state index in [9.17, 15) is 9.59 Å². The lowest BCUT2D eigenvalue weighted by atomic mass is 9.96. The molecular weight excluding hydrogens is 695 g/mol. The first-order valence-electron chi connectivity index (χ1n) is 14.9. The van der Waals surface area contributed by atoms with Crippen LogP contribution in [0.1, 0.15) is 43.4 Å². The second-order valence-electron chi connectivity index (χ2n) is 10.8. The summed E-state index contributed by atoms with van der Waals surface area (Å²) in [6, 6.07) is 24.0. The predicted octanol–water partition coefficient (Wildman–Crippen LogP) is 7.41. The molecule has 0 saturated heterocycles. The third kappa shape index (κ3) is 7.23. The molecule has 0 spiro atoms. The van der Waals surface area contributed by atoms with E-state index in [1.807, 2.05) is 80.6 Å². The summed E-state index contributed by atoms with van der Waals surface area (Å²) < 4.78 is 19.5. The van der Waals surface area contributed by atoms with Crippen LogP contribution in [0.3, 0.4) is 0 Å². The van der Waals surface area contributed by atoms with Crippen molar-refractivity contribution in [2.45, 2.75) is 33.6 Å². The van der Waals surface area contributed by atoms with E-state index in [1.54, 1.807) is 25.5 Å². The highest BCUT2D eigenvalue weighted by molar-refractivity contribution is 14.1. The largest absolute Gasteiger partial charge is 0.496 e. The summed E-state index contributed by atoms with van der Waals surface area (Å²) in [5.74, 6) is 2.00. The van der Waals surface area contributed by atoms with Gasteiger partial charge in [-0.25, -0.2) is 4.98 Å². The van der Waals surface area contributed by atoms with Gasteiger partial charge < -0.3 is 19.5 Å². The van der Waals surface area contributed by atoms with Crippen LogP contribution in [-0.2, 0) is 4.79 Å². The molecule has 0 bridgehead atoms. The highest BCUT2D eigenvalue weighted by atomic mass is 127. The van der Waals surface area contributed by atoms with E-state index in [-0.39, 0.29) is 24.0 Å². The fourth-order valence-electron chi connectivity index (χ4n) is 5.02. The Hall–Kier alpha value is -4.71. The normalized spacial score (nSPS) is 11.3. The van der Waals surface area contributed by atoms with Crippen molar-refractivity contribution in [2.24, 2.45) is 5.10 Å². The van der Waals surface area contributed by atoms with Gasteiger partial charge in [0, 0.05) is 11.3 Å². The molecule has 0 radical (unpaired) electrons. The van der Waals surface area contributed by atoms with Crippen LogP contribution in [0, 0.1) is 10.5 Å². The highest BCUT2D eigenvalue weighted by Gasteiger charge is 2.19. The van der Waals surface area contributed by atoms with E-state index >= 15 is 0 Å². The minimum atomic E-state index is -0.291. The Bertz CT molecular complexity index is 1970. The lowest BCUT2D eigenvalue weighted by Gasteiger charge is -2.17. The van der Waals surface area contributed by atoms with Crippen LogP contribution in [0.15, 0.2) is 88.8 Å². The number of benzene rings is 4. The SMILES string of the molecule is CCOc1cc(C=Nn2c(-c3cc(C(C)C)c(OC)cc3C)nc3ccccc3c2=O)cc(I)c1OCC(=O)Nc1ccccc1. The predicted molar refractivity (Wildman–Crippen MR) is 191 cm³/mol. The second kappa shape index (κ2) is 14.6. The highest BCUT2D eigenvalue weighted by Crippen LogP contribution is 2.35. The number of carbonyl (C=O) groups excluding carboxylic acids is 1. The van der Waals surface area contributed by atoms with Crippen LogP contribution in [0.25, 0.3) is 22.3 Å². The Kier molecular flexibility index (Phi) is 10.4. The lowest BCUT2D eigenvalue weighted by molar-refractivity contribution is -0.118. The van der Waals surface area contributed by atoms with Crippen molar-refractivity contribution in [1.29, 1.82) is 0 Å². The molecule has 5 rings (SSSR count). The average molecular weight is 731 g/mol. The molecule has 0 aliphatic heterocycles. The molecule has 1 heterocycles. The quantitative estimate of drug-likeness (QED) is 0.112. The number of nitrogens with one attached hydrogen (secondary N) is 1. The third-order valence-corrected chi connectivity index (χ3v) is 8.05. The summed E-state index contributed by atoms with van der Waals surface area (Å²) >= 11 is 2.14. The number of hydrogen-bond acceptors (Lipinski definition) is 7. The number of carbonyl (C=O) groups is 1. The number of fused-ring (bicyclic) bond motifs is 1. The average Bonchev–Trinajstić information content (AvgIpc) is 3.04. The number of amides is 1. The van der Waals surface area contributed by atoms with Crippen LogP contribution in [-0.4, -0.2) is 42.1 Å². The summed E-state index contributed by atoms with van der Waals surface area (Å²) in [7, 11) is 1.66. The van der Waals surface area contributed by atoms with Gasteiger partial charge in [-0.1, -0.05) is 44.2 Å². The number of nitrogens with zero attached hydrogens (tertiary/aromatic N) is 3. The number of anilines is 1. The van der Waals surface area contributed by atoms with Crippen LogP contribution < -0.4 is 25.1 Å². The number of methoxy groups -OCH3 is 1. The van der Waals surface area contributed by atoms with Gasteiger partial charge in [-0.05, 0) is 108 Å². The number of halogens is 1. The van der Waals surface area contributed by atoms with Gasteiger partial charge in [0.1, 0.15) is 5.75 Å². The number of aromatic nitrogens is 2. The maximum absolute atomic E-state index is 13.9. The lowest BCUT2D eigenvalue weighted by Crippen LogP contribution is -2.21. The Morgan fingerprint density at radius 3 is 2.48 bits per heavy atom. The molecule has 0 saturated carbocycles. The molecule has 0 atom stereocenters. The van der Waals surface area contributed by atoms with Crippen molar-refractivity contribution in [3.05, 3.63) is 109 Å². The first kappa shape index (κ1) is 32.7. The topological polar surface area (TPSA) is 104 Å². The number of aryl methyl sites for hydroxylation is 1. The van der Waals surface area contributed by atoms with Gasteiger partial charge in [0.25, 0.3) is 11.5 Å². The van der Waals surface area contributed by atoms with Gasteiger partial charge in [-0.3, -0.25) is 9.59 Å². The van der Waals surface area contributed by atoms with Gasteiger partial charge in [0.15, 0.2) is 23.9 Å². The van der Waals surface area contributed by atoms with E-state index in [0.717, 1.165) is 22.4 Å². The van der Waals surface area contributed by atoms with Crippen molar-refractivity contribution in [3.63, 3.8) is 0 Å². The van der Waals surface area contributed by atoms with Gasteiger partial charge in [0.2, 0.25) is 0 Å². The zero-order valence-electron chi connectivity index (χ0n) is 26.3. The number of hydrogen-bond donors (Lipinski definition) is 1. The van der Waals surface area contributed by atoms with Gasteiger partial charge >= 0.3 is 0 Å². The summed E-state index contributed by atoms with van der Waals surface area (Å²) in [6.07, 6.45) is 1.60. The molecule has 0 unspecified atom stereocenters. The maximum Gasteiger partial charge on any atom is 0.282 e. The number of rotatable bonds is 11. The molecule has 46 heavy (non-hydrogen) atoms. The van der Waals surface area contributed by atoms with Crippen LogP contribution in [0.5, 0.6) is 17.2 Å². The molecule has 1 N–H and O–H groups in total. The van der Waals surface area contributed by atoms with Crippen LogP contribution >= 0.6 is 22.6 Å². The fourth-order valence-corrected chi connectivity index (χ4v) is 5.80. The molecule has 0 aliphatic carbocycles. The van der Waals surface area contributed by atoms with Crippen molar-refractivity contribution in [2.75, 3.05) is 25.6 Å². The minimum absolute atomic E-state index is 0.183. The van der Waals surface area contributed by atoms with E-state index < -0.39 is 0 Å². The molecule has 236 valence electrons. The number of ether oxygens (including phenoxy) is 3. The minimum Gasteiger partial charge on any atom is -0.496 e. The van der Waals surface area contributed by atoms with Gasteiger partial charge in [-0.2, -0.15) is 9.78 Å². The first-order chi connectivity index (χ1) is 22.2. The molecule has 1 amide bonds. The smallest absolute Gasteiger partial charge is 0.282 e. The van der Waals surface area contributed by atoms with Crippen LogP contribution in [0.2, 0.25) is 0 Å². The zero-order valence-corrected chi connectivity index (χ0v) is 28.5. The fraction of sp³-hybridized carbons (Fsp3) is 0.222.